The third-order valence-electron chi connectivity index (χ3n) is 4.36. The predicted molar refractivity (Wildman–Crippen MR) is 91.7 cm³/mol. The van der Waals surface area contributed by atoms with E-state index in [1.54, 1.807) is 13.8 Å². The lowest BCUT2D eigenvalue weighted by atomic mass is 9.95. The second-order valence-corrected chi connectivity index (χ2v) is 9.97. The average molecular weight is 379 g/mol. The van der Waals surface area contributed by atoms with Gasteiger partial charge in [0.05, 0.1) is 17.6 Å². The summed E-state index contributed by atoms with van der Waals surface area (Å²) < 4.78 is 52.8. The molecule has 0 spiro atoms. The summed E-state index contributed by atoms with van der Waals surface area (Å²) in [5.74, 6) is 0. The maximum Gasteiger partial charge on any atom is 0.244 e. The topological polar surface area (TPSA) is 112 Å². The van der Waals surface area contributed by atoms with Gasteiger partial charge < -0.3 is 0 Å². The molecule has 1 aliphatic rings. The molecule has 10 heteroatoms. The molecule has 0 unspecified atom stereocenters. The zero-order valence-electron chi connectivity index (χ0n) is 14.4. The molecule has 0 aliphatic heterocycles. The first-order valence-electron chi connectivity index (χ1n) is 8.11. The summed E-state index contributed by atoms with van der Waals surface area (Å²) in [5.41, 5.74) is 0.861. The van der Waals surface area contributed by atoms with E-state index < -0.39 is 20.0 Å². The van der Waals surface area contributed by atoms with Gasteiger partial charge in [-0.1, -0.05) is 19.3 Å². The van der Waals surface area contributed by atoms with Gasteiger partial charge in [-0.15, -0.1) is 0 Å². The van der Waals surface area contributed by atoms with Crippen LogP contribution in [0.25, 0.3) is 0 Å². The predicted octanol–water partition coefficient (Wildman–Crippen LogP) is 0.899. The Morgan fingerprint density at radius 2 is 1.79 bits per heavy atom. The normalized spacial score (nSPS) is 17.5. The molecule has 2 N–H and O–H groups in total. The number of aryl methyl sites for hydroxylation is 2. The van der Waals surface area contributed by atoms with E-state index in [9.17, 15) is 16.8 Å². The zero-order chi connectivity index (χ0) is 18.0. The highest BCUT2D eigenvalue weighted by molar-refractivity contribution is 7.89. The molecule has 0 aromatic carbocycles. The first-order chi connectivity index (χ1) is 11.1. The van der Waals surface area contributed by atoms with E-state index >= 15 is 0 Å². The van der Waals surface area contributed by atoms with Gasteiger partial charge in [0.2, 0.25) is 20.0 Å². The molecule has 0 bridgehead atoms. The standard InChI is InChI=1S/C14H26N4O4S2/c1-11-14(12(2)17-16-11)24(21,22)15-9-10-18(23(3,19)20)13-7-5-4-6-8-13/h13,15H,4-10H2,1-3H3,(H,16,17). The van der Waals surface area contributed by atoms with Crippen LogP contribution in [-0.4, -0.2) is 56.7 Å². The molecular formula is C14H26N4O4S2. The quantitative estimate of drug-likeness (QED) is 0.732. The molecule has 1 aromatic heterocycles. The molecule has 0 amide bonds. The fourth-order valence-corrected chi connectivity index (χ4v) is 5.85. The Balaban J connectivity index is 2.05. The summed E-state index contributed by atoms with van der Waals surface area (Å²) in [4.78, 5) is 0.131. The van der Waals surface area contributed by atoms with Crippen LogP contribution in [0, 0.1) is 13.8 Å². The van der Waals surface area contributed by atoms with Crippen LogP contribution in [0.1, 0.15) is 43.5 Å². The third-order valence-corrected chi connectivity index (χ3v) is 7.42. The largest absolute Gasteiger partial charge is 0.281 e. The number of hydrogen-bond acceptors (Lipinski definition) is 5. The van der Waals surface area contributed by atoms with E-state index in [0.29, 0.717) is 11.4 Å². The number of sulfonamides is 2. The van der Waals surface area contributed by atoms with Crippen LogP contribution in [-0.2, 0) is 20.0 Å². The molecule has 1 aromatic rings. The van der Waals surface area contributed by atoms with E-state index in [1.807, 2.05) is 0 Å². The van der Waals surface area contributed by atoms with E-state index in [-0.39, 0.29) is 24.0 Å². The van der Waals surface area contributed by atoms with Crippen molar-refractivity contribution in [2.45, 2.75) is 56.9 Å². The highest BCUT2D eigenvalue weighted by atomic mass is 32.2. The maximum absolute atomic E-state index is 12.4. The van der Waals surface area contributed by atoms with E-state index in [0.717, 1.165) is 32.1 Å². The minimum atomic E-state index is -3.72. The highest BCUT2D eigenvalue weighted by Crippen LogP contribution is 2.24. The Labute approximate surface area is 144 Å². The van der Waals surface area contributed by atoms with E-state index in [2.05, 4.69) is 14.9 Å². The Hall–Kier alpha value is -0.970. The van der Waals surface area contributed by atoms with Crippen LogP contribution in [0.2, 0.25) is 0 Å². The lowest BCUT2D eigenvalue weighted by Crippen LogP contribution is -2.45. The lowest BCUT2D eigenvalue weighted by Gasteiger charge is -2.32. The van der Waals surface area contributed by atoms with E-state index in [4.69, 9.17) is 0 Å². The first kappa shape index (κ1) is 19.4. The van der Waals surface area contributed by atoms with Crippen molar-refractivity contribution in [1.82, 2.24) is 19.2 Å². The first-order valence-corrected chi connectivity index (χ1v) is 11.4. The van der Waals surface area contributed by atoms with Gasteiger partial charge in [0, 0.05) is 19.1 Å². The van der Waals surface area contributed by atoms with Gasteiger partial charge in [0.25, 0.3) is 0 Å². The number of aromatic amines is 1. The van der Waals surface area contributed by atoms with Gasteiger partial charge >= 0.3 is 0 Å². The Morgan fingerprint density at radius 3 is 2.29 bits per heavy atom. The van der Waals surface area contributed by atoms with Gasteiger partial charge in [-0.2, -0.15) is 9.40 Å². The average Bonchev–Trinajstić information content (AvgIpc) is 2.83. The second kappa shape index (κ2) is 7.51. The van der Waals surface area contributed by atoms with Gasteiger partial charge in [0.1, 0.15) is 4.90 Å². The third kappa shape index (κ3) is 4.56. The van der Waals surface area contributed by atoms with Crippen LogP contribution in [0.4, 0.5) is 0 Å². The second-order valence-electron chi connectivity index (χ2n) is 6.33. The Bertz CT molecular complexity index is 745. The van der Waals surface area contributed by atoms with Crippen LogP contribution >= 0.6 is 0 Å². The van der Waals surface area contributed by atoms with Crippen molar-refractivity contribution in [1.29, 1.82) is 0 Å². The summed E-state index contributed by atoms with van der Waals surface area (Å²) in [6, 6.07) is -0.0318. The number of nitrogens with zero attached hydrogens (tertiary/aromatic N) is 2. The van der Waals surface area contributed by atoms with Gasteiger partial charge in [-0.3, -0.25) is 5.10 Å². The summed E-state index contributed by atoms with van der Waals surface area (Å²) in [5, 5.41) is 6.53. The van der Waals surface area contributed by atoms with Gasteiger partial charge in [-0.05, 0) is 26.7 Å². The number of nitrogens with one attached hydrogen (secondary N) is 2. The molecule has 8 nitrogen and oxygen atoms in total. The molecular weight excluding hydrogens is 352 g/mol. The molecule has 1 fully saturated rings. The number of rotatable bonds is 7. The van der Waals surface area contributed by atoms with Crippen molar-refractivity contribution in [3.05, 3.63) is 11.4 Å². The molecule has 1 saturated carbocycles. The van der Waals surface area contributed by atoms with Crippen LogP contribution < -0.4 is 4.72 Å². The van der Waals surface area contributed by atoms with Crippen molar-refractivity contribution < 1.29 is 16.8 Å². The Kier molecular flexibility index (Phi) is 6.05. The van der Waals surface area contributed by atoms with Crippen LogP contribution in [0.5, 0.6) is 0 Å². The molecule has 138 valence electrons. The van der Waals surface area contributed by atoms with Crippen molar-refractivity contribution in [3.8, 4) is 0 Å². The van der Waals surface area contributed by atoms with Gasteiger partial charge in [0.15, 0.2) is 0 Å². The number of hydrogen-bond donors (Lipinski definition) is 2. The van der Waals surface area contributed by atoms with E-state index in [1.165, 1.54) is 10.6 Å². The Morgan fingerprint density at radius 1 is 1.17 bits per heavy atom. The monoisotopic (exact) mass is 378 g/mol. The molecule has 0 saturated heterocycles. The molecule has 0 radical (unpaired) electrons. The van der Waals surface area contributed by atoms with Crippen LogP contribution in [0.3, 0.4) is 0 Å². The number of aromatic nitrogens is 2. The highest BCUT2D eigenvalue weighted by Gasteiger charge is 2.29. The molecule has 1 aliphatic carbocycles. The molecule has 24 heavy (non-hydrogen) atoms. The summed E-state index contributed by atoms with van der Waals surface area (Å²) in [7, 11) is -7.09. The summed E-state index contributed by atoms with van der Waals surface area (Å²) in [6.45, 7) is 3.43. The summed E-state index contributed by atoms with van der Waals surface area (Å²) in [6.07, 6.45) is 5.99. The fraction of sp³-hybridized carbons (Fsp3) is 0.786. The van der Waals surface area contributed by atoms with Crippen molar-refractivity contribution >= 4 is 20.0 Å². The van der Waals surface area contributed by atoms with Crippen molar-refractivity contribution in [2.75, 3.05) is 19.3 Å². The minimum absolute atomic E-state index is 0.0318. The SMILES string of the molecule is Cc1n[nH]c(C)c1S(=O)(=O)NCCN(C1CCCCC1)S(C)(=O)=O. The summed E-state index contributed by atoms with van der Waals surface area (Å²) >= 11 is 0. The molecule has 0 atom stereocenters. The molecule has 1 heterocycles. The zero-order valence-corrected chi connectivity index (χ0v) is 16.0. The minimum Gasteiger partial charge on any atom is -0.281 e. The smallest absolute Gasteiger partial charge is 0.244 e. The van der Waals surface area contributed by atoms with Crippen LogP contribution in [0.15, 0.2) is 4.90 Å². The van der Waals surface area contributed by atoms with Crippen molar-refractivity contribution in [2.24, 2.45) is 0 Å². The number of H-pyrrole nitrogens is 1. The van der Waals surface area contributed by atoms with Crippen molar-refractivity contribution in [3.63, 3.8) is 0 Å². The fourth-order valence-electron chi connectivity index (χ4n) is 3.29. The molecule has 2 rings (SSSR count). The lowest BCUT2D eigenvalue weighted by molar-refractivity contribution is 0.257. The van der Waals surface area contributed by atoms with Gasteiger partial charge in [-0.25, -0.2) is 21.6 Å². The maximum atomic E-state index is 12.4.